The Balaban J connectivity index is 1.97. The summed E-state index contributed by atoms with van der Waals surface area (Å²) >= 11 is 1.72. The van der Waals surface area contributed by atoms with Crippen molar-refractivity contribution in [3.63, 3.8) is 0 Å². The molecule has 0 fully saturated rings. The SMILES string of the molecule is CCc1csc(=NC2CCOc3ccccc32)n1CCOC. The van der Waals surface area contributed by atoms with Crippen molar-refractivity contribution in [3.05, 3.63) is 45.7 Å². The molecule has 0 aliphatic carbocycles. The Labute approximate surface area is 135 Å². The van der Waals surface area contributed by atoms with E-state index in [0.29, 0.717) is 6.61 Å². The number of methoxy groups -OCH3 is 1. The van der Waals surface area contributed by atoms with Gasteiger partial charge in [-0.15, -0.1) is 11.3 Å². The molecule has 1 aliphatic rings. The number of benzene rings is 1. The molecule has 4 nitrogen and oxygen atoms in total. The van der Waals surface area contributed by atoms with Gasteiger partial charge >= 0.3 is 0 Å². The quantitative estimate of drug-likeness (QED) is 0.849. The summed E-state index contributed by atoms with van der Waals surface area (Å²) in [6.45, 7) is 4.47. The highest BCUT2D eigenvalue weighted by molar-refractivity contribution is 7.07. The van der Waals surface area contributed by atoms with Gasteiger partial charge < -0.3 is 14.0 Å². The number of fused-ring (bicyclic) bond motifs is 1. The summed E-state index contributed by atoms with van der Waals surface area (Å²) in [4.78, 5) is 6.11. The van der Waals surface area contributed by atoms with Crippen molar-refractivity contribution in [2.75, 3.05) is 20.3 Å². The molecule has 1 aromatic carbocycles. The van der Waals surface area contributed by atoms with Crippen molar-refractivity contribution in [1.82, 2.24) is 4.57 Å². The molecule has 1 aliphatic heterocycles. The van der Waals surface area contributed by atoms with E-state index in [1.54, 1.807) is 18.4 Å². The summed E-state index contributed by atoms with van der Waals surface area (Å²) in [5.74, 6) is 0.971. The van der Waals surface area contributed by atoms with Crippen molar-refractivity contribution >= 4 is 11.3 Å². The molecule has 2 heterocycles. The largest absolute Gasteiger partial charge is 0.493 e. The maximum atomic E-state index is 5.73. The molecule has 0 N–H and O–H groups in total. The van der Waals surface area contributed by atoms with Gasteiger partial charge in [-0.05, 0) is 12.5 Å². The number of rotatable bonds is 5. The Bertz CT molecular complexity index is 690. The number of hydrogen-bond donors (Lipinski definition) is 0. The van der Waals surface area contributed by atoms with Crippen LogP contribution in [0.2, 0.25) is 0 Å². The number of hydrogen-bond acceptors (Lipinski definition) is 4. The number of ether oxygens (including phenoxy) is 2. The molecular weight excluding hydrogens is 296 g/mol. The molecule has 1 atom stereocenters. The van der Waals surface area contributed by atoms with Crippen LogP contribution in [0.4, 0.5) is 0 Å². The van der Waals surface area contributed by atoms with E-state index in [-0.39, 0.29) is 6.04 Å². The number of thiazole rings is 1. The normalized spacial score (nSPS) is 18.1. The van der Waals surface area contributed by atoms with Crippen LogP contribution in [0.25, 0.3) is 0 Å². The predicted molar refractivity (Wildman–Crippen MR) is 88.4 cm³/mol. The van der Waals surface area contributed by atoms with Gasteiger partial charge in [0.05, 0.1) is 19.3 Å². The molecule has 0 saturated heterocycles. The van der Waals surface area contributed by atoms with Crippen molar-refractivity contribution < 1.29 is 9.47 Å². The zero-order chi connectivity index (χ0) is 15.4. The first-order chi connectivity index (χ1) is 10.8. The molecule has 3 rings (SSSR count). The van der Waals surface area contributed by atoms with E-state index in [0.717, 1.165) is 36.5 Å². The Hall–Kier alpha value is -1.59. The second-order valence-electron chi connectivity index (χ2n) is 5.33. The van der Waals surface area contributed by atoms with Gasteiger partial charge in [0.1, 0.15) is 5.75 Å². The van der Waals surface area contributed by atoms with Crippen molar-refractivity contribution in [2.24, 2.45) is 4.99 Å². The van der Waals surface area contributed by atoms with Crippen molar-refractivity contribution in [3.8, 4) is 5.75 Å². The summed E-state index contributed by atoms with van der Waals surface area (Å²) in [6, 6.07) is 8.40. The molecule has 5 heteroatoms. The van der Waals surface area contributed by atoms with Crippen LogP contribution in [0, 0.1) is 0 Å². The maximum Gasteiger partial charge on any atom is 0.185 e. The van der Waals surface area contributed by atoms with E-state index in [9.17, 15) is 0 Å². The van der Waals surface area contributed by atoms with Crippen LogP contribution in [0.15, 0.2) is 34.6 Å². The third kappa shape index (κ3) is 3.10. The molecule has 0 amide bonds. The van der Waals surface area contributed by atoms with Gasteiger partial charge in [0.15, 0.2) is 4.80 Å². The number of aromatic nitrogens is 1. The Kier molecular flexibility index (Phi) is 4.95. The van der Waals surface area contributed by atoms with E-state index in [1.165, 1.54) is 11.3 Å². The molecule has 118 valence electrons. The van der Waals surface area contributed by atoms with Crippen molar-refractivity contribution in [1.29, 1.82) is 0 Å². The molecule has 0 radical (unpaired) electrons. The van der Waals surface area contributed by atoms with E-state index in [1.807, 2.05) is 12.1 Å². The fraction of sp³-hybridized carbons (Fsp3) is 0.471. The molecule has 2 aromatic rings. The Morgan fingerprint density at radius 2 is 2.27 bits per heavy atom. The van der Waals surface area contributed by atoms with E-state index in [2.05, 4.69) is 29.0 Å². The van der Waals surface area contributed by atoms with Crippen LogP contribution in [0.1, 0.15) is 30.6 Å². The van der Waals surface area contributed by atoms with Gasteiger partial charge in [0.2, 0.25) is 0 Å². The average molecular weight is 318 g/mol. The minimum Gasteiger partial charge on any atom is -0.493 e. The van der Waals surface area contributed by atoms with Crippen LogP contribution in [0.3, 0.4) is 0 Å². The zero-order valence-electron chi connectivity index (χ0n) is 13.1. The Morgan fingerprint density at radius 1 is 1.41 bits per heavy atom. The van der Waals surface area contributed by atoms with Crippen LogP contribution in [-0.4, -0.2) is 24.9 Å². The second kappa shape index (κ2) is 7.11. The van der Waals surface area contributed by atoms with Gasteiger partial charge in [-0.2, -0.15) is 0 Å². The maximum absolute atomic E-state index is 5.73. The summed E-state index contributed by atoms with van der Waals surface area (Å²) in [7, 11) is 1.74. The monoisotopic (exact) mass is 318 g/mol. The summed E-state index contributed by atoms with van der Waals surface area (Å²) < 4.78 is 13.3. The smallest absolute Gasteiger partial charge is 0.185 e. The number of para-hydroxylation sites is 1. The summed E-state index contributed by atoms with van der Waals surface area (Å²) in [6.07, 6.45) is 1.95. The highest BCUT2D eigenvalue weighted by Crippen LogP contribution is 2.33. The molecule has 0 bridgehead atoms. The van der Waals surface area contributed by atoms with Gasteiger partial charge in [-0.25, -0.2) is 0 Å². The molecule has 1 aromatic heterocycles. The summed E-state index contributed by atoms with van der Waals surface area (Å²) in [5.41, 5.74) is 2.51. The fourth-order valence-corrected chi connectivity index (χ4v) is 3.82. The number of aryl methyl sites for hydroxylation is 1. The molecular formula is C17H22N2O2S. The first-order valence-electron chi connectivity index (χ1n) is 7.75. The lowest BCUT2D eigenvalue weighted by Gasteiger charge is -2.22. The lowest BCUT2D eigenvalue weighted by atomic mass is 10.0. The third-order valence-electron chi connectivity index (χ3n) is 3.95. The molecule has 0 spiro atoms. The van der Waals surface area contributed by atoms with Gasteiger partial charge in [0.25, 0.3) is 0 Å². The average Bonchev–Trinajstić information content (AvgIpc) is 2.95. The minimum absolute atomic E-state index is 0.183. The molecule has 1 unspecified atom stereocenters. The predicted octanol–water partition coefficient (Wildman–Crippen LogP) is 3.18. The fourth-order valence-electron chi connectivity index (χ4n) is 2.76. The van der Waals surface area contributed by atoms with Crippen LogP contribution >= 0.6 is 11.3 Å². The lowest BCUT2D eigenvalue weighted by molar-refractivity contribution is 0.185. The van der Waals surface area contributed by atoms with Crippen LogP contribution in [-0.2, 0) is 17.7 Å². The van der Waals surface area contributed by atoms with Gasteiger partial charge in [0, 0.05) is 36.7 Å². The Morgan fingerprint density at radius 3 is 3.09 bits per heavy atom. The van der Waals surface area contributed by atoms with Crippen LogP contribution < -0.4 is 9.54 Å². The van der Waals surface area contributed by atoms with Crippen molar-refractivity contribution in [2.45, 2.75) is 32.4 Å². The molecule has 22 heavy (non-hydrogen) atoms. The zero-order valence-corrected chi connectivity index (χ0v) is 13.9. The minimum atomic E-state index is 0.183. The highest BCUT2D eigenvalue weighted by Gasteiger charge is 2.20. The second-order valence-corrected chi connectivity index (χ2v) is 6.16. The van der Waals surface area contributed by atoms with E-state index >= 15 is 0 Å². The van der Waals surface area contributed by atoms with Gasteiger partial charge in [-0.1, -0.05) is 25.1 Å². The lowest BCUT2D eigenvalue weighted by Crippen LogP contribution is -2.22. The highest BCUT2D eigenvalue weighted by atomic mass is 32.1. The first kappa shape index (κ1) is 15.3. The topological polar surface area (TPSA) is 35.8 Å². The standard InChI is InChI=1S/C17H22N2O2S/c1-3-13-12-22-17(19(13)9-11-20-2)18-15-8-10-21-16-7-5-4-6-14(15)16/h4-7,12,15H,3,8-11H2,1-2H3. The number of nitrogens with zero attached hydrogens (tertiary/aromatic N) is 2. The van der Waals surface area contributed by atoms with Crippen LogP contribution in [0.5, 0.6) is 5.75 Å². The van der Waals surface area contributed by atoms with E-state index < -0.39 is 0 Å². The molecule has 0 saturated carbocycles. The summed E-state index contributed by atoms with van der Waals surface area (Å²) in [5, 5.41) is 2.21. The first-order valence-corrected chi connectivity index (χ1v) is 8.63. The van der Waals surface area contributed by atoms with Gasteiger partial charge in [-0.3, -0.25) is 4.99 Å². The van der Waals surface area contributed by atoms with E-state index in [4.69, 9.17) is 14.5 Å². The third-order valence-corrected chi connectivity index (χ3v) is 4.88.